The first-order chi connectivity index (χ1) is 14.4. The average molecular weight is 441 g/mol. The van der Waals surface area contributed by atoms with Crippen molar-refractivity contribution >= 4 is 27.3 Å². The lowest BCUT2D eigenvalue weighted by molar-refractivity contribution is 0.454. The molecule has 2 heterocycles. The molecular weight excluding hydrogens is 424 g/mol. The van der Waals surface area contributed by atoms with Gasteiger partial charge in [0.25, 0.3) is 10.0 Å². The summed E-state index contributed by atoms with van der Waals surface area (Å²) in [4.78, 5) is 0.133. The van der Waals surface area contributed by atoms with Crippen LogP contribution in [-0.2, 0) is 10.0 Å². The molecule has 4 rings (SSSR count). The molecule has 1 N–H and O–H groups in total. The van der Waals surface area contributed by atoms with Crippen molar-refractivity contribution in [1.29, 1.82) is 0 Å². The van der Waals surface area contributed by atoms with E-state index in [1.165, 1.54) is 6.07 Å². The minimum absolute atomic E-state index is 0.133. The Balaban J connectivity index is 1.46. The second-order valence-corrected chi connectivity index (χ2v) is 8.47. The molecule has 0 aliphatic rings. The summed E-state index contributed by atoms with van der Waals surface area (Å²) in [7, 11) is -3.76. The van der Waals surface area contributed by atoms with Crippen LogP contribution in [0.3, 0.4) is 0 Å². The van der Waals surface area contributed by atoms with Gasteiger partial charge in [-0.25, -0.2) is 8.42 Å². The van der Waals surface area contributed by atoms with Crippen molar-refractivity contribution in [1.82, 2.24) is 14.8 Å². The standard InChI is InChI=1S/C21H17ClN4O3S/c1-15-18(22)5-4-6-19(15)30(27,28)25-16-7-9-17(10-8-16)29-21-12-11-20(23-24-21)26-13-2-3-14-26/h2-14,25H,1H3. The second-order valence-electron chi connectivity index (χ2n) is 6.41. The zero-order valence-corrected chi connectivity index (χ0v) is 17.4. The number of halogens is 1. The number of sulfonamides is 1. The van der Waals surface area contributed by atoms with E-state index < -0.39 is 10.0 Å². The molecule has 0 radical (unpaired) electrons. The van der Waals surface area contributed by atoms with Crippen LogP contribution in [0, 0.1) is 6.92 Å². The highest BCUT2D eigenvalue weighted by molar-refractivity contribution is 7.92. The number of anilines is 1. The lowest BCUT2D eigenvalue weighted by atomic mass is 10.2. The second kappa shape index (κ2) is 8.17. The van der Waals surface area contributed by atoms with E-state index in [2.05, 4.69) is 14.9 Å². The van der Waals surface area contributed by atoms with Gasteiger partial charge >= 0.3 is 0 Å². The lowest BCUT2D eigenvalue weighted by Gasteiger charge is -2.12. The first-order valence-corrected chi connectivity index (χ1v) is 10.8. The van der Waals surface area contributed by atoms with E-state index in [9.17, 15) is 8.42 Å². The van der Waals surface area contributed by atoms with Gasteiger partial charge in [-0.15, -0.1) is 10.2 Å². The third-order valence-electron chi connectivity index (χ3n) is 4.33. The zero-order valence-electron chi connectivity index (χ0n) is 15.9. The molecule has 2 aromatic carbocycles. The largest absolute Gasteiger partial charge is 0.438 e. The summed E-state index contributed by atoms with van der Waals surface area (Å²) in [5, 5.41) is 8.56. The Hall–Kier alpha value is -3.36. The summed E-state index contributed by atoms with van der Waals surface area (Å²) >= 11 is 6.04. The Morgan fingerprint density at radius 2 is 1.67 bits per heavy atom. The van der Waals surface area contributed by atoms with E-state index in [1.807, 2.05) is 29.1 Å². The van der Waals surface area contributed by atoms with E-state index in [4.69, 9.17) is 16.3 Å². The van der Waals surface area contributed by atoms with Crippen LogP contribution in [-0.4, -0.2) is 23.2 Å². The van der Waals surface area contributed by atoms with Gasteiger partial charge in [-0.2, -0.15) is 0 Å². The van der Waals surface area contributed by atoms with Gasteiger partial charge in [0.1, 0.15) is 5.75 Å². The number of ether oxygens (including phenoxy) is 1. The zero-order chi connectivity index (χ0) is 21.1. The molecule has 0 fully saturated rings. The molecule has 0 spiro atoms. The monoisotopic (exact) mass is 440 g/mol. The highest BCUT2D eigenvalue weighted by atomic mass is 35.5. The molecule has 0 amide bonds. The molecule has 0 saturated carbocycles. The molecule has 9 heteroatoms. The molecule has 4 aromatic rings. The third-order valence-corrected chi connectivity index (χ3v) is 6.27. The summed E-state index contributed by atoms with van der Waals surface area (Å²) in [6.45, 7) is 1.66. The van der Waals surface area contributed by atoms with Gasteiger partial charge in [-0.05, 0) is 67.1 Å². The maximum Gasteiger partial charge on any atom is 0.262 e. The Labute approximate surface area is 179 Å². The van der Waals surface area contributed by atoms with E-state index in [-0.39, 0.29) is 4.90 Å². The predicted octanol–water partition coefficient (Wildman–Crippen LogP) is 4.82. The van der Waals surface area contributed by atoms with Crippen LogP contribution >= 0.6 is 11.6 Å². The van der Waals surface area contributed by atoms with Crippen molar-refractivity contribution in [2.24, 2.45) is 0 Å². The lowest BCUT2D eigenvalue weighted by Crippen LogP contribution is -2.14. The van der Waals surface area contributed by atoms with E-state index in [0.717, 1.165) is 0 Å². The van der Waals surface area contributed by atoms with Crippen molar-refractivity contribution in [2.75, 3.05) is 4.72 Å². The van der Waals surface area contributed by atoms with E-state index in [1.54, 1.807) is 55.5 Å². The third kappa shape index (κ3) is 4.29. The Kier molecular flexibility index (Phi) is 5.43. The number of aromatic nitrogens is 3. The Bertz CT molecular complexity index is 1260. The molecule has 152 valence electrons. The summed E-state index contributed by atoms with van der Waals surface area (Å²) in [6, 6.07) is 18.6. The van der Waals surface area contributed by atoms with Gasteiger partial charge in [0.05, 0.1) is 4.90 Å². The van der Waals surface area contributed by atoms with Crippen LogP contribution in [0.5, 0.6) is 11.6 Å². The first kappa shape index (κ1) is 19.9. The van der Waals surface area contributed by atoms with Crippen molar-refractivity contribution in [3.8, 4) is 17.4 Å². The smallest absolute Gasteiger partial charge is 0.262 e. The summed E-state index contributed by atoms with van der Waals surface area (Å²) in [5.41, 5.74) is 0.893. The number of hydrogen-bond acceptors (Lipinski definition) is 5. The minimum atomic E-state index is -3.76. The van der Waals surface area contributed by atoms with Gasteiger partial charge in [0.2, 0.25) is 5.88 Å². The van der Waals surface area contributed by atoms with Crippen molar-refractivity contribution < 1.29 is 13.2 Å². The van der Waals surface area contributed by atoms with Crippen LogP contribution in [0.15, 0.2) is 84.0 Å². The molecular formula is C21H17ClN4O3S. The van der Waals surface area contributed by atoms with Crippen LogP contribution in [0.1, 0.15) is 5.56 Å². The molecule has 0 bridgehead atoms. The molecule has 0 aliphatic carbocycles. The van der Waals surface area contributed by atoms with Gasteiger partial charge in [-0.3, -0.25) is 4.72 Å². The topological polar surface area (TPSA) is 86.1 Å². The molecule has 7 nitrogen and oxygen atoms in total. The van der Waals surface area contributed by atoms with Crippen LogP contribution in [0.25, 0.3) is 5.82 Å². The Morgan fingerprint density at radius 3 is 2.33 bits per heavy atom. The van der Waals surface area contributed by atoms with Gasteiger partial charge in [0, 0.05) is 29.2 Å². The number of benzene rings is 2. The van der Waals surface area contributed by atoms with Crippen LogP contribution in [0.2, 0.25) is 5.02 Å². The average Bonchev–Trinajstić information content (AvgIpc) is 3.27. The number of hydrogen-bond donors (Lipinski definition) is 1. The molecule has 0 unspecified atom stereocenters. The molecule has 0 aliphatic heterocycles. The fraction of sp³-hybridized carbons (Fsp3) is 0.0476. The molecule has 0 saturated heterocycles. The van der Waals surface area contributed by atoms with Crippen molar-refractivity contribution in [3.63, 3.8) is 0 Å². The fourth-order valence-corrected chi connectivity index (χ4v) is 4.35. The summed E-state index contributed by atoms with van der Waals surface area (Å²) in [6.07, 6.45) is 3.74. The van der Waals surface area contributed by atoms with E-state index >= 15 is 0 Å². The predicted molar refractivity (Wildman–Crippen MR) is 115 cm³/mol. The number of rotatable bonds is 6. The first-order valence-electron chi connectivity index (χ1n) is 8.95. The maximum atomic E-state index is 12.7. The van der Waals surface area contributed by atoms with Crippen LogP contribution in [0.4, 0.5) is 5.69 Å². The van der Waals surface area contributed by atoms with Crippen LogP contribution < -0.4 is 9.46 Å². The summed E-state index contributed by atoms with van der Waals surface area (Å²) < 4.78 is 35.4. The number of nitrogens with one attached hydrogen (secondary N) is 1. The minimum Gasteiger partial charge on any atom is -0.438 e. The number of nitrogens with zero attached hydrogens (tertiary/aromatic N) is 3. The molecule has 0 atom stereocenters. The SMILES string of the molecule is Cc1c(Cl)cccc1S(=O)(=O)Nc1ccc(Oc2ccc(-n3cccc3)nn2)cc1. The van der Waals surface area contributed by atoms with Gasteiger partial charge < -0.3 is 9.30 Å². The Morgan fingerprint density at radius 1 is 0.933 bits per heavy atom. The highest BCUT2D eigenvalue weighted by Crippen LogP contribution is 2.26. The maximum absolute atomic E-state index is 12.7. The van der Waals surface area contributed by atoms with Gasteiger partial charge in [-0.1, -0.05) is 17.7 Å². The quantitative estimate of drug-likeness (QED) is 0.464. The van der Waals surface area contributed by atoms with Crippen molar-refractivity contribution in [3.05, 3.63) is 89.7 Å². The highest BCUT2D eigenvalue weighted by Gasteiger charge is 2.18. The summed E-state index contributed by atoms with van der Waals surface area (Å²) in [5.74, 6) is 1.50. The normalized spacial score (nSPS) is 11.3. The molecule has 30 heavy (non-hydrogen) atoms. The fourth-order valence-electron chi connectivity index (χ4n) is 2.79. The van der Waals surface area contributed by atoms with E-state index in [0.29, 0.717) is 33.7 Å². The van der Waals surface area contributed by atoms with Gasteiger partial charge in [0.15, 0.2) is 5.82 Å². The molecule has 2 aromatic heterocycles. The van der Waals surface area contributed by atoms with Crippen molar-refractivity contribution in [2.45, 2.75) is 11.8 Å².